The summed E-state index contributed by atoms with van der Waals surface area (Å²) in [5.41, 5.74) is 8.14. The monoisotopic (exact) mass is 278 g/mol. The highest BCUT2D eigenvalue weighted by Crippen LogP contribution is 2.35. The van der Waals surface area contributed by atoms with Gasteiger partial charge in [-0.25, -0.2) is 4.39 Å². The number of rotatable bonds is 6. The predicted molar refractivity (Wildman–Crippen MR) is 85.6 cm³/mol. The van der Waals surface area contributed by atoms with Crippen molar-refractivity contribution in [3.63, 3.8) is 0 Å². The van der Waals surface area contributed by atoms with Gasteiger partial charge in [0.05, 0.1) is 0 Å². The van der Waals surface area contributed by atoms with Crippen molar-refractivity contribution in [1.29, 1.82) is 0 Å². The fourth-order valence-corrected chi connectivity index (χ4v) is 2.70. The number of unbranched alkanes of at least 4 members (excludes halogenated alkanes) is 1. The smallest absolute Gasteiger partial charge is 0.123 e. The summed E-state index contributed by atoms with van der Waals surface area (Å²) in [5.74, 6) is 0.823. The standard InChI is InChI=1S/C17H27FN2/c1-5-6-7-14-9-17(15(10-19)11-20-4)16(13(3)18)8-12(14)2/h8-14H,5-7,19H2,1-4H3. The van der Waals surface area contributed by atoms with Crippen molar-refractivity contribution in [2.75, 3.05) is 7.05 Å². The van der Waals surface area contributed by atoms with E-state index < -0.39 is 6.17 Å². The minimum absolute atomic E-state index is 0.371. The van der Waals surface area contributed by atoms with Crippen LogP contribution in [0.5, 0.6) is 0 Å². The van der Waals surface area contributed by atoms with Crippen molar-refractivity contribution < 1.29 is 4.39 Å². The summed E-state index contributed by atoms with van der Waals surface area (Å²) in [7, 11) is 1.70. The molecule has 1 rings (SSSR count). The molecule has 0 aromatic carbocycles. The van der Waals surface area contributed by atoms with E-state index in [4.69, 9.17) is 5.73 Å². The Labute approximate surface area is 122 Å². The number of hydrogen-bond donors (Lipinski definition) is 1. The van der Waals surface area contributed by atoms with Crippen LogP contribution in [0.3, 0.4) is 0 Å². The summed E-state index contributed by atoms with van der Waals surface area (Å²) in [5, 5.41) is 0. The lowest BCUT2D eigenvalue weighted by molar-refractivity contribution is 0.395. The zero-order valence-corrected chi connectivity index (χ0v) is 13.1. The van der Waals surface area contributed by atoms with E-state index in [1.54, 1.807) is 20.2 Å². The van der Waals surface area contributed by atoms with Gasteiger partial charge in [-0.3, -0.25) is 4.99 Å². The average Bonchev–Trinajstić information content (AvgIpc) is 2.43. The molecule has 0 saturated heterocycles. The molecule has 0 radical (unpaired) electrons. The third-order valence-corrected chi connectivity index (χ3v) is 3.89. The summed E-state index contributed by atoms with van der Waals surface area (Å²) in [6.45, 7) is 5.93. The van der Waals surface area contributed by atoms with Crippen molar-refractivity contribution in [3.05, 3.63) is 35.1 Å². The minimum atomic E-state index is -0.990. The van der Waals surface area contributed by atoms with E-state index in [0.717, 1.165) is 23.1 Å². The van der Waals surface area contributed by atoms with E-state index in [-0.39, 0.29) is 0 Å². The van der Waals surface area contributed by atoms with Gasteiger partial charge in [0.2, 0.25) is 0 Å². The predicted octanol–water partition coefficient (Wildman–Crippen LogP) is 4.20. The SMILES string of the molecule is CCCCC1C=C(C(C=NC)=CN)C(C(C)F)=CC1C. The molecule has 0 aliphatic heterocycles. The maximum Gasteiger partial charge on any atom is 0.123 e. The average molecular weight is 278 g/mol. The minimum Gasteiger partial charge on any atom is -0.404 e. The lowest BCUT2D eigenvalue weighted by Gasteiger charge is -2.28. The molecule has 0 fully saturated rings. The third-order valence-electron chi connectivity index (χ3n) is 3.89. The Morgan fingerprint density at radius 1 is 1.50 bits per heavy atom. The Bertz CT molecular complexity index is 430. The van der Waals surface area contributed by atoms with E-state index in [0.29, 0.717) is 11.8 Å². The van der Waals surface area contributed by atoms with Crippen LogP contribution in [0.1, 0.15) is 40.0 Å². The molecule has 0 saturated carbocycles. The molecule has 112 valence electrons. The number of nitrogens with two attached hydrogens (primary N) is 1. The van der Waals surface area contributed by atoms with Crippen LogP contribution in [0.25, 0.3) is 0 Å². The first-order chi connectivity index (χ1) is 9.54. The molecule has 20 heavy (non-hydrogen) atoms. The lowest BCUT2D eigenvalue weighted by atomic mass is 9.78. The van der Waals surface area contributed by atoms with Gasteiger partial charge in [0.25, 0.3) is 0 Å². The van der Waals surface area contributed by atoms with Gasteiger partial charge in [0.1, 0.15) is 6.17 Å². The molecule has 0 amide bonds. The zero-order valence-electron chi connectivity index (χ0n) is 13.1. The number of aliphatic imine (C=N–C) groups is 1. The molecule has 1 aliphatic carbocycles. The molecular formula is C17H27FN2. The largest absolute Gasteiger partial charge is 0.404 e. The van der Waals surface area contributed by atoms with Crippen LogP contribution < -0.4 is 5.73 Å². The van der Waals surface area contributed by atoms with E-state index >= 15 is 0 Å². The number of hydrogen-bond acceptors (Lipinski definition) is 2. The third kappa shape index (κ3) is 4.06. The molecule has 0 aromatic rings. The van der Waals surface area contributed by atoms with Crippen LogP contribution in [0.2, 0.25) is 0 Å². The van der Waals surface area contributed by atoms with Crippen molar-refractivity contribution in [2.24, 2.45) is 22.6 Å². The van der Waals surface area contributed by atoms with Gasteiger partial charge in [-0.15, -0.1) is 0 Å². The second-order valence-corrected chi connectivity index (χ2v) is 5.49. The normalized spacial score (nSPS) is 25.6. The van der Waals surface area contributed by atoms with Crippen LogP contribution in [0.15, 0.2) is 40.1 Å². The summed E-state index contributed by atoms with van der Waals surface area (Å²) >= 11 is 0. The Kier molecular flexibility index (Phi) is 6.69. The maximum atomic E-state index is 13.9. The molecule has 0 spiro atoms. The highest BCUT2D eigenvalue weighted by molar-refractivity contribution is 5.87. The zero-order chi connectivity index (χ0) is 15.1. The fourth-order valence-electron chi connectivity index (χ4n) is 2.70. The summed E-state index contributed by atoms with van der Waals surface area (Å²) < 4.78 is 13.9. The van der Waals surface area contributed by atoms with Crippen molar-refractivity contribution in [3.8, 4) is 0 Å². The number of alkyl halides is 1. The van der Waals surface area contributed by atoms with E-state index in [1.807, 2.05) is 0 Å². The highest BCUT2D eigenvalue weighted by atomic mass is 19.1. The maximum absolute atomic E-state index is 13.9. The van der Waals surface area contributed by atoms with Gasteiger partial charge in [-0.1, -0.05) is 38.8 Å². The van der Waals surface area contributed by atoms with E-state index in [9.17, 15) is 4.39 Å². The molecule has 2 nitrogen and oxygen atoms in total. The van der Waals surface area contributed by atoms with E-state index in [1.165, 1.54) is 19.0 Å². The Morgan fingerprint density at radius 3 is 2.70 bits per heavy atom. The van der Waals surface area contributed by atoms with Gasteiger partial charge < -0.3 is 5.73 Å². The summed E-state index contributed by atoms with van der Waals surface area (Å²) in [6, 6.07) is 0. The van der Waals surface area contributed by atoms with Gasteiger partial charge in [-0.2, -0.15) is 0 Å². The molecule has 0 bridgehead atoms. The van der Waals surface area contributed by atoms with Gasteiger partial charge >= 0.3 is 0 Å². The van der Waals surface area contributed by atoms with Crippen molar-refractivity contribution >= 4 is 6.21 Å². The van der Waals surface area contributed by atoms with Crippen LogP contribution in [-0.2, 0) is 0 Å². The molecule has 3 atom stereocenters. The molecule has 3 heteroatoms. The van der Waals surface area contributed by atoms with Crippen molar-refractivity contribution in [2.45, 2.75) is 46.2 Å². The van der Waals surface area contributed by atoms with Crippen molar-refractivity contribution in [1.82, 2.24) is 0 Å². The fraction of sp³-hybridized carbons (Fsp3) is 0.588. The van der Waals surface area contributed by atoms with Gasteiger partial charge in [0.15, 0.2) is 0 Å². The number of nitrogens with zero attached hydrogens (tertiary/aromatic N) is 1. The molecule has 0 aromatic heterocycles. The molecule has 1 aliphatic rings. The topological polar surface area (TPSA) is 38.4 Å². The number of halogens is 1. The van der Waals surface area contributed by atoms with Gasteiger partial charge in [0, 0.05) is 25.0 Å². The molecule has 3 unspecified atom stereocenters. The van der Waals surface area contributed by atoms with Crippen LogP contribution in [0.4, 0.5) is 4.39 Å². The quantitative estimate of drug-likeness (QED) is 0.727. The number of allylic oxidation sites excluding steroid dienone is 5. The lowest BCUT2D eigenvalue weighted by Crippen LogP contribution is -2.19. The van der Waals surface area contributed by atoms with Crippen LogP contribution in [-0.4, -0.2) is 19.4 Å². The summed E-state index contributed by atoms with van der Waals surface area (Å²) in [4.78, 5) is 4.02. The van der Waals surface area contributed by atoms with Crippen LogP contribution in [0, 0.1) is 11.8 Å². The van der Waals surface area contributed by atoms with Crippen LogP contribution >= 0.6 is 0 Å². The Hall–Kier alpha value is -1.38. The Morgan fingerprint density at radius 2 is 2.20 bits per heavy atom. The molecule has 0 heterocycles. The molecular weight excluding hydrogens is 251 g/mol. The molecule has 2 N–H and O–H groups in total. The first kappa shape index (κ1) is 16.7. The highest BCUT2D eigenvalue weighted by Gasteiger charge is 2.25. The first-order valence-corrected chi connectivity index (χ1v) is 7.47. The van der Waals surface area contributed by atoms with E-state index in [2.05, 4.69) is 31.0 Å². The summed E-state index contributed by atoms with van der Waals surface area (Å²) in [6.07, 6.45) is 9.98. The van der Waals surface area contributed by atoms with Gasteiger partial charge in [-0.05, 0) is 36.3 Å². The second-order valence-electron chi connectivity index (χ2n) is 5.49. The first-order valence-electron chi connectivity index (χ1n) is 7.47. The second kappa shape index (κ2) is 8.03. The Balaban J connectivity index is 3.13.